The predicted octanol–water partition coefficient (Wildman–Crippen LogP) is 1.28. The second-order valence-electron chi connectivity index (χ2n) is 4.90. The van der Waals surface area contributed by atoms with E-state index >= 15 is 0 Å². The minimum Gasteiger partial charge on any atom is -0.486 e. The van der Waals surface area contributed by atoms with Crippen LogP contribution in [0.25, 0.3) is 0 Å². The molecule has 1 aliphatic rings. The Labute approximate surface area is 123 Å². The smallest absolute Gasteiger partial charge is 0.225 e. The molecule has 0 radical (unpaired) electrons. The van der Waals surface area contributed by atoms with Crippen molar-refractivity contribution in [2.75, 3.05) is 38.3 Å². The van der Waals surface area contributed by atoms with Gasteiger partial charge in [-0.1, -0.05) is 0 Å². The van der Waals surface area contributed by atoms with Crippen LogP contribution in [-0.2, 0) is 4.74 Å². The van der Waals surface area contributed by atoms with Crippen molar-refractivity contribution in [2.45, 2.75) is 18.9 Å². The first-order valence-corrected chi connectivity index (χ1v) is 6.97. The van der Waals surface area contributed by atoms with Crippen LogP contribution < -0.4 is 15.4 Å². The number of methoxy groups -OCH3 is 1. The molecule has 0 amide bonds. The van der Waals surface area contributed by atoms with Crippen molar-refractivity contribution in [2.24, 2.45) is 5.73 Å². The van der Waals surface area contributed by atoms with Crippen molar-refractivity contribution in [3.63, 3.8) is 0 Å². The number of anilines is 1. The van der Waals surface area contributed by atoms with Gasteiger partial charge in [-0.05, 0) is 12.8 Å². The van der Waals surface area contributed by atoms with Gasteiger partial charge in [-0.15, -0.1) is 0 Å². The molecule has 1 aromatic heterocycles. The summed E-state index contributed by atoms with van der Waals surface area (Å²) in [6.45, 7) is 1.99. The van der Waals surface area contributed by atoms with Crippen LogP contribution in [0.4, 0.5) is 10.3 Å². The number of hydrogen-bond acceptors (Lipinski definition) is 6. The summed E-state index contributed by atoms with van der Waals surface area (Å²) in [5.41, 5.74) is 5.74. The van der Waals surface area contributed by atoms with Crippen LogP contribution in [0.15, 0.2) is 24.3 Å². The number of halogens is 1. The zero-order chi connectivity index (χ0) is 15.1. The normalized spacial score (nSPS) is 17.1. The van der Waals surface area contributed by atoms with E-state index in [-0.39, 0.29) is 13.2 Å². The first-order chi connectivity index (χ1) is 10.3. The van der Waals surface area contributed by atoms with Crippen molar-refractivity contribution in [1.82, 2.24) is 9.97 Å². The minimum atomic E-state index is 0.106. The zero-order valence-electron chi connectivity index (χ0n) is 12.2. The third-order valence-electron chi connectivity index (χ3n) is 3.51. The molecule has 0 saturated carbocycles. The molecule has 0 bridgehead atoms. The van der Waals surface area contributed by atoms with E-state index in [2.05, 4.69) is 14.9 Å². The van der Waals surface area contributed by atoms with Gasteiger partial charge in [0, 0.05) is 32.3 Å². The van der Waals surface area contributed by atoms with Crippen molar-refractivity contribution in [3.05, 3.63) is 24.3 Å². The molecule has 1 aromatic rings. The van der Waals surface area contributed by atoms with E-state index in [1.165, 1.54) is 0 Å². The average molecular weight is 296 g/mol. The quantitative estimate of drug-likeness (QED) is 0.852. The second-order valence-corrected chi connectivity index (χ2v) is 4.90. The molecule has 0 aliphatic carbocycles. The minimum absolute atomic E-state index is 0.106. The summed E-state index contributed by atoms with van der Waals surface area (Å²) in [5.74, 6) is 1.18. The van der Waals surface area contributed by atoms with Gasteiger partial charge in [-0.2, -0.15) is 0 Å². The van der Waals surface area contributed by atoms with Gasteiger partial charge in [0.25, 0.3) is 0 Å². The fourth-order valence-corrected chi connectivity index (χ4v) is 2.15. The van der Waals surface area contributed by atoms with Gasteiger partial charge in [-0.25, -0.2) is 14.4 Å². The van der Waals surface area contributed by atoms with E-state index in [0.717, 1.165) is 25.9 Å². The first kappa shape index (κ1) is 15.7. The van der Waals surface area contributed by atoms with E-state index in [4.69, 9.17) is 15.2 Å². The van der Waals surface area contributed by atoms with Gasteiger partial charge in [0.1, 0.15) is 6.61 Å². The van der Waals surface area contributed by atoms with Crippen molar-refractivity contribution < 1.29 is 13.9 Å². The number of ether oxygens (including phenoxy) is 2. The Morgan fingerprint density at radius 2 is 2.10 bits per heavy atom. The lowest BCUT2D eigenvalue weighted by Crippen LogP contribution is -2.37. The fraction of sp³-hybridized carbons (Fsp3) is 0.571. The number of aromatic nitrogens is 2. The molecule has 1 aliphatic heterocycles. The lowest BCUT2D eigenvalue weighted by Gasteiger charge is -2.31. The Kier molecular flexibility index (Phi) is 5.89. The van der Waals surface area contributed by atoms with Crippen LogP contribution in [0.1, 0.15) is 12.8 Å². The maximum absolute atomic E-state index is 12.4. The number of nitrogens with zero attached hydrogens (tertiary/aromatic N) is 3. The SMILES string of the molecule is COC1CCN(c2ncc(OCC(=CF)CN)cn2)CC1. The summed E-state index contributed by atoms with van der Waals surface area (Å²) in [5, 5.41) is 0. The van der Waals surface area contributed by atoms with Crippen molar-refractivity contribution in [1.29, 1.82) is 0 Å². The fourth-order valence-electron chi connectivity index (χ4n) is 2.15. The number of hydrogen-bond donors (Lipinski definition) is 1. The molecule has 7 heteroatoms. The molecule has 0 spiro atoms. The number of rotatable bonds is 6. The van der Waals surface area contributed by atoms with E-state index < -0.39 is 0 Å². The Morgan fingerprint density at radius 3 is 2.62 bits per heavy atom. The number of piperidine rings is 1. The monoisotopic (exact) mass is 296 g/mol. The van der Waals surface area contributed by atoms with Crippen LogP contribution in [0, 0.1) is 0 Å². The highest BCUT2D eigenvalue weighted by molar-refractivity contribution is 5.32. The Morgan fingerprint density at radius 1 is 1.43 bits per heavy atom. The predicted molar refractivity (Wildman–Crippen MR) is 78.0 cm³/mol. The highest BCUT2D eigenvalue weighted by Crippen LogP contribution is 2.19. The van der Waals surface area contributed by atoms with Crippen LogP contribution >= 0.6 is 0 Å². The summed E-state index contributed by atoms with van der Waals surface area (Å²) >= 11 is 0. The van der Waals surface area contributed by atoms with Gasteiger partial charge >= 0.3 is 0 Å². The molecule has 2 rings (SSSR count). The van der Waals surface area contributed by atoms with Gasteiger partial charge in [0.2, 0.25) is 5.95 Å². The van der Waals surface area contributed by atoms with Gasteiger partial charge in [0.15, 0.2) is 5.75 Å². The summed E-state index contributed by atoms with van der Waals surface area (Å²) in [6.07, 6.45) is 5.92. The van der Waals surface area contributed by atoms with E-state index in [1.807, 2.05) is 0 Å². The highest BCUT2D eigenvalue weighted by atomic mass is 19.1. The third kappa shape index (κ3) is 4.37. The van der Waals surface area contributed by atoms with Crippen LogP contribution in [0.3, 0.4) is 0 Å². The molecular weight excluding hydrogens is 275 g/mol. The molecular formula is C14H21FN4O2. The van der Waals surface area contributed by atoms with Crippen molar-refractivity contribution >= 4 is 5.95 Å². The van der Waals surface area contributed by atoms with Crippen molar-refractivity contribution in [3.8, 4) is 5.75 Å². The van der Waals surface area contributed by atoms with Gasteiger partial charge in [0.05, 0.1) is 24.8 Å². The van der Waals surface area contributed by atoms with E-state index in [9.17, 15) is 4.39 Å². The Bertz CT molecular complexity index is 459. The Balaban J connectivity index is 1.87. The summed E-state index contributed by atoms with van der Waals surface area (Å²) in [6, 6.07) is 0. The zero-order valence-corrected chi connectivity index (χ0v) is 12.2. The lowest BCUT2D eigenvalue weighted by atomic mass is 10.1. The number of nitrogens with two attached hydrogens (primary N) is 1. The average Bonchev–Trinajstić information content (AvgIpc) is 2.56. The molecule has 21 heavy (non-hydrogen) atoms. The topological polar surface area (TPSA) is 73.5 Å². The highest BCUT2D eigenvalue weighted by Gasteiger charge is 2.20. The van der Waals surface area contributed by atoms with E-state index in [1.54, 1.807) is 19.5 Å². The third-order valence-corrected chi connectivity index (χ3v) is 3.51. The molecule has 6 nitrogen and oxygen atoms in total. The standard InChI is InChI=1S/C14H21FN4O2/c1-20-12-2-4-19(5-3-12)14-17-8-13(9-18-14)21-10-11(6-15)7-16/h6,8-9,12H,2-5,7,10,16H2,1H3. The largest absolute Gasteiger partial charge is 0.486 e. The molecule has 0 atom stereocenters. The molecule has 2 N–H and O–H groups in total. The van der Waals surface area contributed by atoms with Crippen LogP contribution in [0.5, 0.6) is 5.75 Å². The maximum atomic E-state index is 12.4. The molecule has 0 unspecified atom stereocenters. The maximum Gasteiger partial charge on any atom is 0.225 e. The summed E-state index contributed by atoms with van der Waals surface area (Å²) < 4.78 is 23.1. The first-order valence-electron chi connectivity index (χ1n) is 6.97. The molecule has 0 aromatic carbocycles. The van der Waals surface area contributed by atoms with Gasteiger partial charge < -0.3 is 20.1 Å². The van der Waals surface area contributed by atoms with E-state index in [0.29, 0.717) is 29.7 Å². The molecule has 116 valence electrons. The lowest BCUT2D eigenvalue weighted by molar-refractivity contribution is 0.0816. The Hall–Kier alpha value is -1.73. The molecule has 1 fully saturated rings. The second kappa shape index (κ2) is 7.90. The van der Waals surface area contributed by atoms with Gasteiger partial charge in [-0.3, -0.25) is 0 Å². The van der Waals surface area contributed by atoms with Crippen LogP contribution in [-0.4, -0.2) is 49.4 Å². The van der Waals surface area contributed by atoms with Crippen LogP contribution in [0.2, 0.25) is 0 Å². The summed E-state index contributed by atoms with van der Waals surface area (Å²) in [4.78, 5) is 10.7. The molecule has 2 heterocycles. The summed E-state index contributed by atoms with van der Waals surface area (Å²) in [7, 11) is 1.74. The molecule has 1 saturated heterocycles.